The molecular formula is C24H24F3N5O. The lowest BCUT2D eigenvalue weighted by Crippen LogP contribution is -2.29. The van der Waals surface area contributed by atoms with E-state index >= 15 is 0 Å². The maximum absolute atomic E-state index is 13.7. The van der Waals surface area contributed by atoms with Crippen LogP contribution in [0.2, 0.25) is 0 Å². The van der Waals surface area contributed by atoms with E-state index in [0.29, 0.717) is 35.9 Å². The van der Waals surface area contributed by atoms with Crippen LogP contribution in [0.3, 0.4) is 0 Å². The number of fused-ring (bicyclic) bond motifs is 1. The molecule has 0 spiro atoms. The molecule has 0 radical (unpaired) electrons. The minimum absolute atomic E-state index is 0.291. The summed E-state index contributed by atoms with van der Waals surface area (Å²) < 4.78 is 50.4. The average molecular weight is 455 g/mol. The molecule has 0 fully saturated rings. The number of ether oxygens (including phenoxy) is 1. The largest absolute Gasteiger partial charge is 0.479 e. The van der Waals surface area contributed by atoms with Crippen molar-refractivity contribution in [1.82, 2.24) is 24.1 Å². The van der Waals surface area contributed by atoms with Gasteiger partial charge in [-0.25, -0.2) is 15.0 Å². The van der Waals surface area contributed by atoms with Crippen LogP contribution in [0.15, 0.2) is 54.7 Å². The summed E-state index contributed by atoms with van der Waals surface area (Å²) in [5.74, 6) is 0.202. The molecule has 2 atom stereocenters. The second-order valence-electron chi connectivity index (χ2n) is 8.46. The number of nitrogens with zero attached hydrogens (tertiary/aromatic N) is 5. The fourth-order valence-electron chi connectivity index (χ4n) is 4.83. The van der Waals surface area contributed by atoms with E-state index in [1.54, 1.807) is 13.4 Å². The topological polar surface area (TPSA) is 57.8 Å². The van der Waals surface area contributed by atoms with Crippen molar-refractivity contribution in [3.63, 3.8) is 0 Å². The van der Waals surface area contributed by atoms with Gasteiger partial charge in [-0.15, -0.1) is 0 Å². The highest BCUT2D eigenvalue weighted by Gasteiger charge is 2.43. The van der Waals surface area contributed by atoms with Crippen molar-refractivity contribution in [2.75, 3.05) is 7.11 Å². The lowest BCUT2D eigenvalue weighted by Gasteiger charge is -2.33. The van der Waals surface area contributed by atoms with Gasteiger partial charge in [0.05, 0.1) is 24.8 Å². The summed E-state index contributed by atoms with van der Waals surface area (Å²) in [5.41, 5.74) is 2.40. The van der Waals surface area contributed by atoms with Gasteiger partial charge < -0.3 is 13.9 Å². The molecule has 6 nitrogen and oxygen atoms in total. The maximum atomic E-state index is 13.7. The first-order valence-electron chi connectivity index (χ1n) is 10.9. The number of pyridine rings is 1. The third kappa shape index (κ3) is 3.96. The van der Waals surface area contributed by atoms with Gasteiger partial charge in [0, 0.05) is 36.3 Å². The highest BCUT2D eigenvalue weighted by atomic mass is 19.4. The first-order chi connectivity index (χ1) is 15.8. The number of allylic oxidation sites excluding steroid dienone is 4. The number of hydrogen-bond donors (Lipinski definition) is 0. The third-order valence-corrected chi connectivity index (χ3v) is 6.35. The molecule has 3 aromatic rings. The average Bonchev–Trinajstić information content (AvgIpc) is 3.44. The predicted octanol–water partition coefficient (Wildman–Crippen LogP) is 5.39. The molecule has 1 aliphatic heterocycles. The number of hydrogen-bond acceptors (Lipinski definition) is 4. The van der Waals surface area contributed by atoms with E-state index < -0.39 is 17.7 Å². The Morgan fingerprint density at radius 3 is 2.67 bits per heavy atom. The molecule has 9 heteroatoms. The SMILES string of the molecule is COc1nc(-c2cn3c(n2)[C@H](C2CC=CC=C2C(F)(F)F)CCC3)ccc1-n1cnc(C)c1. The van der Waals surface area contributed by atoms with E-state index in [-0.39, 0.29) is 5.92 Å². The number of aryl methyl sites for hydroxylation is 2. The van der Waals surface area contributed by atoms with Crippen molar-refractivity contribution >= 4 is 0 Å². The second-order valence-corrected chi connectivity index (χ2v) is 8.46. The predicted molar refractivity (Wildman–Crippen MR) is 117 cm³/mol. The molecule has 0 aromatic carbocycles. The molecule has 0 bridgehead atoms. The molecule has 1 unspecified atom stereocenters. The molecule has 5 rings (SSSR count). The van der Waals surface area contributed by atoms with Crippen molar-refractivity contribution in [2.45, 2.75) is 44.8 Å². The molecule has 0 N–H and O–H groups in total. The summed E-state index contributed by atoms with van der Waals surface area (Å²) in [6, 6.07) is 3.73. The van der Waals surface area contributed by atoms with Crippen molar-refractivity contribution in [1.29, 1.82) is 0 Å². The zero-order chi connectivity index (χ0) is 23.2. The van der Waals surface area contributed by atoms with Crippen LogP contribution in [-0.4, -0.2) is 37.4 Å². The van der Waals surface area contributed by atoms with Gasteiger partial charge in [-0.2, -0.15) is 13.2 Å². The van der Waals surface area contributed by atoms with Gasteiger partial charge in [0.2, 0.25) is 5.88 Å². The van der Waals surface area contributed by atoms with Gasteiger partial charge in [-0.1, -0.05) is 18.2 Å². The lowest BCUT2D eigenvalue weighted by atomic mass is 9.77. The van der Waals surface area contributed by atoms with Gasteiger partial charge in [-0.05, 0) is 38.3 Å². The molecule has 0 amide bonds. The molecule has 33 heavy (non-hydrogen) atoms. The van der Waals surface area contributed by atoms with Crippen LogP contribution in [-0.2, 0) is 6.54 Å². The van der Waals surface area contributed by atoms with Crippen LogP contribution < -0.4 is 4.74 Å². The number of methoxy groups -OCH3 is 1. The molecule has 3 aromatic heterocycles. The standard InChI is InChI=1S/C24H24F3N5O/c1-15-12-32(14-28-15)21-10-9-19(30-23(21)33-2)20-13-31-11-5-7-17(22(31)29-20)16-6-3-4-8-18(16)24(25,26)27/h3-4,8-10,12-14,16-17H,5-7,11H2,1-2H3/t16?,17-/m0/s1. The second kappa shape index (κ2) is 8.20. The molecule has 0 saturated heterocycles. The quantitative estimate of drug-likeness (QED) is 0.529. The summed E-state index contributed by atoms with van der Waals surface area (Å²) in [6.45, 7) is 2.63. The van der Waals surface area contributed by atoms with Crippen LogP contribution in [0.25, 0.3) is 17.1 Å². The third-order valence-electron chi connectivity index (χ3n) is 6.35. The Bertz CT molecular complexity index is 1240. The Hall–Kier alpha value is -3.36. The van der Waals surface area contributed by atoms with E-state index in [4.69, 9.17) is 9.72 Å². The van der Waals surface area contributed by atoms with Crippen molar-refractivity contribution in [2.24, 2.45) is 5.92 Å². The number of halogens is 3. The summed E-state index contributed by atoms with van der Waals surface area (Å²) in [7, 11) is 1.55. The molecule has 172 valence electrons. The van der Waals surface area contributed by atoms with Crippen LogP contribution in [0.4, 0.5) is 13.2 Å². The Morgan fingerprint density at radius 1 is 1.09 bits per heavy atom. The van der Waals surface area contributed by atoms with Crippen molar-refractivity contribution in [3.05, 3.63) is 66.2 Å². The monoisotopic (exact) mass is 455 g/mol. The first-order valence-corrected chi connectivity index (χ1v) is 10.9. The van der Waals surface area contributed by atoms with Crippen LogP contribution in [0.5, 0.6) is 5.88 Å². The number of alkyl halides is 3. The van der Waals surface area contributed by atoms with E-state index in [0.717, 1.165) is 24.3 Å². The Labute approximate surface area is 189 Å². The number of rotatable bonds is 4. The molecule has 4 heterocycles. The molecule has 2 aliphatic rings. The molecular weight excluding hydrogens is 431 g/mol. The van der Waals surface area contributed by atoms with Crippen molar-refractivity contribution < 1.29 is 17.9 Å². The van der Waals surface area contributed by atoms with Gasteiger partial charge in [0.1, 0.15) is 17.2 Å². The number of aromatic nitrogens is 5. The van der Waals surface area contributed by atoms with E-state index in [1.807, 2.05) is 46.7 Å². The number of imidazole rings is 2. The Kier molecular flexibility index (Phi) is 5.34. The minimum Gasteiger partial charge on any atom is -0.479 e. The van der Waals surface area contributed by atoms with Crippen LogP contribution in [0.1, 0.15) is 36.7 Å². The zero-order valence-electron chi connectivity index (χ0n) is 18.4. The minimum atomic E-state index is -4.34. The van der Waals surface area contributed by atoms with E-state index in [1.165, 1.54) is 12.2 Å². The highest BCUT2D eigenvalue weighted by molar-refractivity contribution is 5.58. The summed E-state index contributed by atoms with van der Waals surface area (Å²) in [5, 5.41) is 0. The van der Waals surface area contributed by atoms with Gasteiger partial charge in [-0.3, -0.25) is 0 Å². The smallest absolute Gasteiger partial charge is 0.412 e. The van der Waals surface area contributed by atoms with Gasteiger partial charge in [0.25, 0.3) is 0 Å². The van der Waals surface area contributed by atoms with E-state index in [9.17, 15) is 13.2 Å². The fourth-order valence-corrected chi connectivity index (χ4v) is 4.83. The van der Waals surface area contributed by atoms with E-state index in [2.05, 4.69) is 9.97 Å². The first kappa shape index (κ1) is 21.5. The van der Waals surface area contributed by atoms with Crippen molar-refractivity contribution in [3.8, 4) is 23.0 Å². The molecule has 1 aliphatic carbocycles. The Morgan fingerprint density at radius 2 is 1.94 bits per heavy atom. The Balaban J connectivity index is 1.50. The lowest BCUT2D eigenvalue weighted by molar-refractivity contribution is -0.101. The summed E-state index contributed by atoms with van der Waals surface area (Å²) in [6.07, 6.45) is 7.49. The molecule has 0 saturated carbocycles. The zero-order valence-corrected chi connectivity index (χ0v) is 18.4. The van der Waals surface area contributed by atoms with Gasteiger partial charge >= 0.3 is 6.18 Å². The highest BCUT2D eigenvalue weighted by Crippen LogP contribution is 2.46. The maximum Gasteiger partial charge on any atom is 0.412 e. The fraction of sp³-hybridized carbons (Fsp3) is 0.375. The summed E-state index contributed by atoms with van der Waals surface area (Å²) >= 11 is 0. The van der Waals surface area contributed by atoms with Crippen LogP contribution >= 0.6 is 0 Å². The van der Waals surface area contributed by atoms with Crippen LogP contribution in [0, 0.1) is 12.8 Å². The van der Waals surface area contributed by atoms with Gasteiger partial charge in [0.15, 0.2) is 0 Å². The summed E-state index contributed by atoms with van der Waals surface area (Å²) in [4.78, 5) is 13.7. The normalized spacial score (nSPS) is 20.5.